The van der Waals surface area contributed by atoms with Crippen LogP contribution in [0.15, 0.2) is 5.38 Å². The van der Waals surface area contributed by atoms with E-state index in [0.29, 0.717) is 17.7 Å². The molecule has 2 aromatic heterocycles. The number of carboxylic acid groups (broad SMARTS) is 1. The first-order valence-electron chi connectivity index (χ1n) is 9.94. The van der Waals surface area contributed by atoms with Gasteiger partial charge in [0.05, 0.1) is 5.92 Å². The Morgan fingerprint density at radius 2 is 2.00 bits per heavy atom. The van der Waals surface area contributed by atoms with Gasteiger partial charge in [-0.3, -0.25) is 9.59 Å². The van der Waals surface area contributed by atoms with Crippen LogP contribution < -0.4 is 0 Å². The van der Waals surface area contributed by atoms with Gasteiger partial charge in [0, 0.05) is 51.6 Å². The summed E-state index contributed by atoms with van der Waals surface area (Å²) in [7, 11) is 0. The van der Waals surface area contributed by atoms with E-state index in [0.717, 1.165) is 39.5 Å². The first-order valence-corrected chi connectivity index (χ1v) is 11.6. The van der Waals surface area contributed by atoms with Crippen LogP contribution in [0, 0.1) is 18.8 Å². The number of aryl methyl sites for hydroxylation is 1. The average Bonchev–Trinajstić information content (AvgIpc) is 3.23. The molecule has 2 aliphatic carbocycles. The molecule has 2 atom stereocenters. The van der Waals surface area contributed by atoms with Gasteiger partial charge in [-0.15, -0.1) is 22.7 Å². The number of aromatic nitrogens is 1. The Bertz CT molecular complexity index is 950. The van der Waals surface area contributed by atoms with Gasteiger partial charge in [0.15, 0.2) is 0 Å². The fourth-order valence-corrected chi connectivity index (χ4v) is 6.96. The van der Waals surface area contributed by atoms with E-state index in [4.69, 9.17) is 0 Å². The molecule has 29 heavy (non-hydrogen) atoms. The van der Waals surface area contributed by atoms with E-state index in [-0.39, 0.29) is 31.5 Å². The van der Waals surface area contributed by atoms with Gasteiger partial charge in [-0.25, -0.2) is 13.8 Å². The lowest BCUT2D eigenvalue weighted by Crippen LogP contribution is -2.33. The second-order valence-corrected chi connectivity index (χ2v) is 10.2. The van der Waals surface area contributed by atoms with Crippen molar-refractivity contribution in [3.8, 4) is 10.6 Å². The highest BCUT2D eigenvalue weighted by Gasteiger charge is 2.39. The van der Waals surface area contributed by atoms with Crippen LogP contribution in [-0.2, 0) is 28.9 Å². The predicted molar refractivity (Wildman–Crippen MR) is 109 cm³/mol. The van der Waals surface area contributed by atoms with Gasteiger partial charge in [0.2, 0.25) is 0 Å². The molecule has 4 rings (SSSR count). The number of carboxylic acids is 1. The van der Waals surface area contributed by atoms with Gasteiger partial charge in [-0.05, 0) is 31.7 Å². The lowest BCUT2D eigenvalue weighted by molar-refractivity contribution is -0.148. The number of thiophene rings is 1. The number of thiazole rings is 1. The van der Waals surface area contributed by atoms with E-state index in [2.05, 4.69) is 4.98 Å². The first-order chi connectivity index (χ1) is 13.7. The van der Waals surface area contributed by atoms with Crippen LogP contribution in [-0.4, -0.2) is 27.8 Å². The Balaban J connectivity index is 1.69. The number of ketones is 1. The van der Waals surface area contributed by atoms with Gasteiger partial charge < -0.3 is 5.11 Å². The number of rotatable bonds is 5. The summed E-state index contributed by atoms with van der Waals surface area (Å²) >= 11 is 2.75. The monoisotopic (exact) mass is 439 g/mol. The maximum absolute atomic E-state index is 14.0. The minimum Gasteiger partial charge on any atom is -0.481 e. The van der Waals surface area contributed by atoms with Crippen molar-refractivity contribution in [2.45, 2.75) is 64.2 Å². The Labute approximate surface area is 176 Å². The summed E-state index contributed by atoms with van der Waals surface area (Å²) in [5.74, 6) is -4.85. The molecule has 0 saturated heterocycles. The summed E-state index contributed by atoms with van der Waals surface area (Å²) in [6, 6.07) is 0. The molecule has 2 aromatic rings. The van der Waals surface area contributed by atoms with Crippen molar-refractivity contribution in [1.29, 1.82) is 0 Å². The summed E-state index contributed by atoms with van der Waals surface area (Å²) in [6.07, 6.45) is 2.69. The second kappa shape index (κ2) is 7.87. The molecule has 1 N–H and O–H groups in total. The van der Waals surface area contributed by atoms with Gasteiger partial charge in [-0.2, -0.15) is 0 Å². The van der Waals surface area contributed by atoms with Crippen molar-refractivity contribution in [3.63, 3.8) is 0 Å². The number of aliphatic carboxylic acids is 1. The normalized spacial score (nSPS) is 23.6. The molecule has 2 heterocycles. The zero-order valence-electron chi connectivity index (χ0n) is 16.2. The van der Waals surface area contributed by atoms with E-state index >= 15 is 0 Å². The Hall–Kier alpha value is -1.67. The molecule has 0 spiro atoms. The van der Waals surface area contributed by atoms with Crippen molar-refractivity contribution in [1.82, 2.24) is 4.98 Å². The Morgan fingerprint density at radius 1 is 1.28 bits per heavy atom. The fraction of sp³-hybridized carbons (Fsp3) is 0.571. The van der Waals surface area contributed by atoms with Crippen LogP contribution in [0.3, 0.4) is 0 Å². The third-order valence-corrected chi connectivity index (χ3v) is 8.20. The molecule has 0 unspecified atom stereocenters. The molecule has 0 radical (unpaired) electrons. The standard InChI is InChI=1S/C21H23F2NO3S2/c1-11-10-28-19(24-11)18-14-6-7-21(22,23)9-17(14)29-16(18)8-15(25)12-4-2-3-5-13(12)20(26)27/h10,12-13H,2-9H2,1H3,(H,26,27)/t12-,13+/m0/s1. The zero-order valence-corrected chi connectivity index (χ0v) is 17.8. The largest absolute Gasteiger partial charge is 0.481 e. The SMILES string of the molecule is Cc1csc(-c2c(CC(=O)[C@H]3CCCC[C@H]3C(=O)O)sc3c2CCC(F)(F)C3)n1. The molecular weight excluding hydrogens is 416 g/mol. The number of hydrogen-bond acceptors (Lipinski definition) is 5. The Morgan fingerprint density at radius 3 is 2.66 bits per heavy atom. The quantitative estimate of drug-likeness (QED) is 0.686. The molecule has 1 fully saturated rings. The highest BCUT2D eigenvalue weighted by molar-refractivity contribution is 7.15. The number of carbonyl (C=O) groups is 2. The molecule has 0 aromatic carbocycles. The van der Waals surface area contributed by atoms with Crippen LogP contribution in [0.4, 0.5) is 8.78 Å². The average molecular weight is 440 g/mol. The van der Waals surface area contributed by atoms with Crippen molar-refractivity contribution < 1.29 is 23.5 Å². The third-order valence-electron chi connectivity index (χ3n) is 5.99. The van der Waals surface area contributed by atoms with E-state index in [9.17, 15) is 23.5 Å². The van der Waals surface area contributed by atoms with E-state index in [1.807, 2.05) is 12.3 Å². The van der Waals surface area contributed by atoms with E-state index < -0.39 is 23.7 Å². The molecule has 0 aliphatic heterocycles. The summed E-state index contributed by atoms with van der Waals surface area (Å²) in [5.41, 5.74) is 2.60. The molecular formula is C21H23F2NO3S2. The van der Waals surface area contributed by atoms with Crippen LogP contribution in [0.2, 0.25) is 0 Å². The maximum atomic E-state index is 14.0. The van der Waals surface area contributed by atoms with Crippen LogP contribution in [0.1, 0.15) is 53.1 Å². The predicted octanol–water partition coefficient (Wildman–Crippen LogP) is 5.31. The first kappa shape index (κ1) is 20.6. The molecule has 4 nitrogen and oxygen atoms in total. The Kier molecular flexibility index (Phi) is 5.59. The number of nitrogens with zero attached hydrogens (tertiary/aromatic N) is 1. The number of Topliss-reactive ketones (excluding diaryl/α,β-unsaturated/α-hetero) is 1. The van der Waals surface area contributed by atoms with Crippen molar-refractivity contribution >= 4 is 34.4 Å². The number of fused-ring (bicyclic) bond motifs is 1. The van der Waals surface area contributed by atoms with Gasteiger partial charge in [0.1, 0.15) is 10.8 Å². The third kappa shape index (κ3) is 4.14. The number of carbonyl (C=O) groups excluding carboxylic acids is 1. The lowest BCUT2D eigenvalue weighted by Gasteiger charge is -2.27. The minimum absolute atomic E-state index is 0.0861. The minimum atomic E-state index is -2.72. The zero-order chi connectivity index (χ0) is 20.8. The number of hydrogen-bond donors (Lipinski definition) is 1. The van der Waals surface area contributed by atoms with Crippen LogP contribution >= 0.6 is 22.7 Å². The smallest absolute Gasteiger partial charge is 0.307 e. The summed E-state index contributed by atoms with van der Waals surface area (Å²) in [6.45, 7) is 1.89. The number of halogens is 2. The van der Waals surface area contributed by atoms with Crippen molar-refractivity contribution in [3.05, 3.63) is 26.4 Å². The maximum Gasteiger partial charge on any atom is 0.307 e. The molecule has 0 amide bonds. The molecule has 8 heteroatoms. The topological polar surface area (TPSA) is 67.3 Å². The summed E-state index contributed by atoms with van der Waals surface area (Å²) in [4.78, 5) is 30.7. The molecule has 1 saturated carbocycles. The molecule has 156 valence electrons. The molecule has 0 bridgehead atoms. The fourth-order valence-electron chi connectivity index (χ4n) is 4.55. The van der Waals surface area contributed by atoms with Crippen molar-refractivity contribution in [2.75, 3.05) is 0 Å². The van der Waals surface area contributed by atoms with Crippen molar-refractivity contribution in [2.24, 2.45) is 11.8 Å². The second-order valence-electron chi connectivity index (χ2n) is 8.11. The van der Waals surface area contributed by atoms with Gasteiger partial charge in [0.25, 0.3) is 5.92 Å². The highest BCUT2D eigenvalue weighted by Crippen LogP contribution is 2.46. The highest BCUT2D eigenvalue weighted by atomic mass is 32.1. The summed E-state index contributed by atoms with van der Waals surface area (Å²) < 4.78 is 28.0. The molecule has 2 aliphatic rings. The van der Waals surface area contributed by atoms with Gasteiger partial charge >= 0.3 is 5.97 Å². The van der Waals surface area contributed by atoms with E-state index in [1.165, 1.54) is 22.7 Å². The van der Waals surface area contributed by atoms with E-state index in [1.54, 1.807) is 0 Å². The van der Waals surface area contributed by atoms with Crippen LogP contribution in [0.25, 0.3) is 10.6 Å². The summed E-state index contributed by atoms with van der Waals surface area (Å²) in [5, 5.41) is 12.2. The number of alkyl halides is 2. The lowest BCUT2D eigenvalue weighted by atomic mass is 9.76. The van der Waals surface area contributed by atoms with Gasteiger partial charge in [-0.1, -0.05) is 12.8 Å². The van der Waals surface area contributed by atoms with Crippen LogP contribution in [0.5, 0.6) is 0 Å².